The third-order valence-corrected chi connectivity index (χ3v) is 2.60. The average Bonchev–Trinajstić information content (AvgIpc) is 2.19. The average molecular weight is 193 g/mol. The van der Waals surface area contributed by atoms with E-state index in [0.29, 0.717) is 22.9 Å². The minimum Gasteiger partial charge on any atom is -0.507 e. The molecule has 2 bridgehead atoms. The summed E-state index contributed by atoms with van der Waals surface area (Å²) in [5.74, 6) is 1.62. The standard InChI is InChI=1S/C11H15NO2/c1-2-3-4-5-7-8(13)6-9-10(12)11(7)14-9/h6,13H,2-5,12H2,1H3. The lowest BCUT2D eigenvalue weighted by molar-refractivity contribution is 0.403. The molecule has 76 valence electrons. The van der Waals surface area contributed by atoms with Crippen molar-refractivity contribution in [2.24, 2.45) is 0 Å². The van der Waals surface area contributed by atoms with Gasteiger partial charge in [-0.05, 0) is 12.8 Å². The van der Waals surface area contributed by atoms with E-state index in [1.54, 1.807) is 6.07 Å². The first kappa shape index (κ1) is 9.19. The number of ether oxygens (including phenoxy) is 1. The van der Waals surface area contributed by atoms with E-state index < -0.39 is 0 Å². The molecule has 0 aromatic heterocycles. The van der Waals surface area contributed by atoms with Crippen LogP contribution in [0.3, 0.4) is 0 Å². The van der Waals surface area contributed by atoms with Crippen molar-refractivity contribution in [1.29, 1.82) is 0 Å². The molecule has 14 heavy (non-hydrogen) atoms. The highest BCUT2D eigenvalue weighted by Crippen LogP contribution is 2.52. The van der Waals surface area contributed by atoms with Crippen LogP contribution in [-0.4, -0.2) is 5.11 Å². The van der Waals surface area contributed by atoms with Crippen LogP contribution in [0.5, 0.6) is 17.2 Å². The van der Waals surface area contributed by atoms with E-state index >= 15 is 0 Å². The number of nitrogens with two attached hydrogens (primary N) is 1. The Morgan fingerprint density at radius 3 is 2.86 bits per heavy atom. The summed E-state index contributed by atoms with van der Waals surface area (Å²) in [5, 5.41) is 9.62. The molecule has 1 aromatic rings. The number of phenolic OH excluding ortho intramolecular Hbond substituents is 1. The Hall–Kier alpha value is -1.38. The van der Waals surface area contributed by atoms with Crippen molar-refractivity contribution >= 4 is 5.69 Å². The summed E-state index contributed by atoms with van der Waals surface area (Å²) >= 11 is 0. The summed E-state index contributed by atoms with van der Waals surface area (Å²) in [7, 11) is 0. The van der Waals surface area contributed by atoms with E-state index in [1.165, 1.54) is 12.8 Å². The number of nitrogen functional groups attached to an aromatic ring is 1. The zero-order chi connectivity index (χ0) is 10.1. The number of aromatic hydroxyl groups is 1. The van der Waals surface area contributed by atoms with Crippen molar-refractivity contribution in [3.05, 3.63) is 11.6 Å². The normalized spacial score (nSPS) is 12.1. The lowest BCUT2D eigenvalue weighted by Crippen LogP contribution is -2.08. The predicted molar refractivity (Wildman–Crippen MR) is 55.8 cm³/mol. The Kier molecular flexibility index (Phi) is 2.23. The summed E-state index contributed by atoms with van der Waals surface area (Å²) in [6.45, 7) is 2.15. The van der Waals surface area contributed by atoms with E-state index in [4.69, 9.17) is 10.5 Å². The maximum atomic E-state index is 9.62. The van der Waals surface area contributed by atoms with Gasteiger partial charge in [-0.2, -0.15) is 0 Å². The monoisotopic (exact) mass is 193 g/mol. The fourth-order valence-electron chi connectivity index (χ4n) is 1.74. The van der Waals surface area contributed by atoms with Gasteiger partial charge in [0.2, 0.25) is 0 Å². The maximum Gasteiger partial charge on any atom is 0.161 e. The fraction of sp³-hybridized carbons (Fsp3) is 0.455. The van der Waals surface area contributed by atoms with E-state index in [9.17, 15) is 5.11 Å². The second-order valence-corrected chi connectivity index (χ2v) is 3.67. The number of rotatable bonds is 4. The molecule has 1 aromatic carbocycles. The van der Waals surface area contributed by atoms with Crippen molar-refractivity contribution in [3.63, 3.8) is 0 Å². The molecule has 2 aliphatic heterocycles. The van der Waals surface area contributed by atoms with Crippen LogP contribution >= 0.6 is 0 Å². The van der Waals surface area contributed by atoms with Crippen LogP contribution in [0.2, 0.25) is 0 Å². The molecule has 0 atom stereocenters. The van der Waals surface area contributed by atoms with Crippen molar-refractivity contribution < 1.29 is 9.84 Å². The second kappa shape index (κ2) is 3.40. The predicted octanol–water partition coefficient (Wildman–Crippen LogP) is 2.81. The van der Waals surface area contributed by atoms with Crippen molar-refractivity contribution in [3.8, 4) is 17.2 Å². The van der Waals surface area contributed by atoms with Gasteiger partial charge in [0.1, 0.15) is 11.4 Å². The number of hydrogen-bond donors (Lipinski definition) is 2. The van der Waals surface area contributed by atoms with Crippen LogP contribution in [0.4, 0.5) is 5.69 Å². The molecule has 0 unspecified atom stereocenters. The Labute approximate surface area is 83.5 Å². The number of fused-ring (bicyclic) bond motifs is 2. The molecule has 0 fully saturated rings. The Bertz CT molecular complexity index is 361. The second-order valence-electron chi connectivity index (χ2n) is 3.67. The Morgan fingerprint density at radius 1 is 1.43 bits per heavy atom. The third kappa shape index (κ3) is 1.29. The largest absolute Gasteiger partial charge is 0.507 e. The number of anilines is 1. The van der Waals surface area contributed by atoms with Crippen molar-refractivity contribution in [2.75, 3.05) is 5.73 Å². The van der Waals surface area contributed by atoms with E-state index in [-0.39, 0.29) is 0 Å². The fourth-order valence-corrected chi connectivity index (χ4v) is 1.74. The highest BCUT2D eigenvalue weighted by Gasteiger charge is 2.26. The molecule has 0 aliphatic carbocycles. The molecule has 0 saturated heterocycles. The molecule has 0 amide bonds. The third-order valence-electron chi connectivity index (χ3n) is 2.60. The van der Waals surface area contributed by atoms with E-state index in [0.717, 1.165) is 18.4 Å². The van der Waals surface area contributed by atoms with E-state index in [2.05, 4.69) is 6.92 Å². The maximum absolute atomic E-state index is 9.62. The van der Waals surface area contributed by atoms with Gasteiger partial charge in [0.25, 0.3) is 0 Å². The number of unbranched alkanes of at least 4 members (excludes halogenated alkanes) is 2. The number of phenols is 1. The summed E-state index contributed by atoms with van der Waals surface area (Å²) in [6.07, 6.45) is 4.25. The van der Waals surface area contributed by atoms with Gasteiger partial charge in [0.05, 0.1) is 0 Å². The van der Waals surface area contributed by atoms with Gasteiger partial charge >= 0.3 is 0 Å². The first-order valence-corrected chi connectivity index (χ1v) is 5.06. The molecule has 3 nitrogen and oxygen atoms in total. The minimum absolute atomic E-state index is 0.326. The van der Waals surface area contributed by atoms with Crippen LogP contribution in [0.15, 0.2) is 6.07 Å². The lowest BCUT2D eigenvalue weighted by Gasteiger charge is -2.25. The lowest BCUT2D eigenvalue weighted by atomic mass is 10.0. The van der Waals surface area contributed by atoms with Crippen molar-refractivity contribution in [2.45, 2.75) is 32.6 Å². The van der Waals surface area contributed by atoms with Crippen LogP contribution in [0, 0.1) is 0 Å². The molecule has 3 N–H and O–H groups in total. The smallest absolute Gasteiger partial charge is 0.161 e. The molecule has 2 aliphatic rings. The number of hydrogen-bond acceptors (Lipinski definition) is 3. The summed E-state index contributed by atoms with van der Waals surface area (Å²) in [4.78, 5) is 0. The van der Waals surface area contributed by atoms with Gasteiger partial charge in [-0.25, -0.2) is 0 Å². The highest BCUT2D eigenvalue weighted by molar-refractivity contribution is 5.77. The molecule has 0 spiro atoms. The Balaban J connectivity index is 2.14. The topological polar surface area (TPSA) is 55.5 Å². The molecule has 3 heteroatoms. The first-order valence-electron chi connectivity index (χ1n) is 5.06. The molecule has 3 rings (SSSR count). The quantitative estimate of drug-likeness (QED) is 0.446. The Morgan fingerprint density at radius 2 is 2.21 bits per heavy atom. The minimum atomic E-state index is 0.326. The first-order chi connectivity index (χ1) is 6.74. The zero-order valence-electron chi connectivity index (χ0n) is 8.34. The van der Waals surface area contributed by atoms with E-state index in [1.807, 2.05) is 0 Å². The van der Waals surface area contributed by atoms with Crippen LogP contribution in [-0.2, 0) is 6.42 Å². The molecular formula is C11H15NO2. The van der Waals surface area contributed by atoms with Gasteiger partial charge in [-0.15, -0.1) is 0 Å². The summed E-state index contributed by atoms with van der Waals surface area (Å²) in [5.41, 5.74) is 7.28. The zero-order valence-corrected chi connectivity index (χ0v) is 8.34. The molecule has 0 radical (unpaired) electrons. The van der Waals surface area contributed by atoms with Gasteiger partial charge < -0.3 is 15.6 Å². The van der Waals surface area contributed by atoms with Gasteiger partial charge in [0.15, 0.2) is 11.5 Å². The summed E-state index contributed by atoms with van der Waals surface area (Å²) < 4.78 is 5.30. The molecular weight excluding hydrogens is 178 g/mol. The van der Waals surface area contributed by atoms with Crippen LogP contribution < -0.4 is 10.5 Å². The highest BCUT2D eigenvalue weighted by atomic mass is 16.5. The van der Waals surface area contributed by atoms with Crippen LogP contribution in [0.25, 0.3) is 0 Å². The van der Waals surface area contributed by atoms with Gasteiger partial charge in [-0.3, -0.25) is 0 Å². The van der Waals surface area contributed by atoms with Crippen LogP contribution in [0.1, 0.15) is 31.7 Å². The molecule has 2 heterocycles. The van der Waals surface area contributed by atoms with Gasteiger partial charge in [0, 0.05) is 11.6 Å². The number of benzene rings is 1. The summed E-state index contributed by atoms with van der Waals surface area (Å²) in [6, 6.07) is 1.60. The van der Waals surface area contributed by atoms with Gasteiger partial charge in [-0.1, -0.05) is 19.8 Å². The molecule has 0 saturated carbocycles. The van der Waals surface area contributed by atoms with Crippen molar-refractivity contribution in [1.82, 2.24) is 0 Å². The SMILES string of the molecule is CCCCCc1c(O)cc2c(N)c1O2.